The first-order valence-electron chi connectivity index (χ1n) is 45.8. The highest BCUT2D eigenvalue weighted by Gasteiger charge is 2.26. The number of fused-ring (bicyclic) bond motifs is 12. The summed E-state index contributed by atoms with van der Waals surface area (Å²) < 4.78 is 8.85. The molecule has 0 aliphatic rings. The van der Waals surface area contributed by atoms with Crippen molar-refractivity contribution >= 4 is 87.2 Å². The van der Waals surface area contributed by atoms with Crippen molar-refractivity contribution in [2.24, 2.45) is 0 Å². The molecule has 0 aliphatic carbocycles. The normalized spacial score (nSPS) is 11.5. The van der Waals surface area contributed by atoms with E-state index >= 15 is 0 Å². The van der Waals surface area contributed by atoms with E-state index in [4.69, 9.17) is 39.9 Å². The van der Waals surface area contributed by atoms with Crippen molar-refractivity contribution in [3.8, 4) is 158 Å². The SMILES string of the molecule is c1ccc(-c2cc(-c3ccccc3)nc(-n3c4ccccc4c4cc(-c5ccc6c(c5)c5ccccc5n6-c5nc(-c6ccccc6)cc(-c6ccccc6)n5)ccc43)n2)cc1.c1ccc(-c2cccc(-c3cc(-c4ccccc4)nc(-n4c5ccccc5c5cc(-c6ccc7c(c6)c6ccccc6n7-c6nc(-c7ccccc7)cc(-c7cccc(-c8ccccc8)c7)n6)ccc54)n3)c2)cc1. The van der Waals surface area contributed by atoms with E-state index in [1.165, 1.54) is 0 Å². The van der Waals surface area contributed by atoms with E-state index in [0.717, 1.165) is 222 Å². The fourth-order valence-corrected chi connectivity index (χ4v) is 19.4. The van der Waals surface area contributed by atoms with Gasteiger partial charge in [-0.2, -0.15) is 0 Å². The van der Waals surface area contributed by atoms with Crippen molar-refractivity contribution in [3.63, 3.8) is 0 Å². The molecule has 8 heterocycles. The Labute approximate surface area is 783 Å². The third-order valence-electron chi connectivity index (χ3n) is 26.0. The number of benzene rings is 18. The molecule has 0 spiro atoms. The average molecular weight is 1740 g/mol. The van der Waals surface area contributed by atoms with Crippen LogP contribution in [0.5, 0.6) is 0 Å². The smallest absolute Gasteiger partial charge is 0.235 e. The highest BCUT2D eigenvalue weighted by molar-refractivity contribution is 6.15. The molecule has 0 atom stereocenters. The van der Waals surface area contributed by atoms with Crippen LogP contribution in [-0.4, -0.2) is 58.1 Å². The summed E-state index contributed by atoms with van der Waals surface area (Å²) in [5.41, 5.74) is 32.6. The molecule has 0 fully saturated rings. The van der Waals surface area contributed by atoms with Gasteiger partial charge in [-0.1, -0.05) is 376 Å². The zero-order valence-corrected chi connectivity index (χ0v) is 73.6. The van der Waals surface area contributed by atoms with Gasteiger partial charge in [0.05, 0.1) is 89.7 Å². The first kappa shape index (κ1) is 79.6. The van der Waals surface area contributed by atoms with Crippen LogP contribution in [0.2, 0.25) is 0 Å². The van der Waals surface area contributed by atoms with Crippen LogP contribution in [0.15, 0.2) is 485 Å². The Balaban J connectivity index is 0.000000147. The van der Waals surface area contributed by atoms with Crippen LogP contribution in [0.4, 0.5) is 0 Å². The van der Waals surface area contributed by atoms with Crippen LogP contribution in [0.3, 0.4) is 0 Å². The number of rotatable bonds is 16. The zero-order valence-electron chi connectivity index (χ0n) is 73.6. The minimum absolute atomic E-state index is 0.616. The maximum absolute atomic E-state index is 5.38. The lowest BCUT2D eigenvalue weighted by Crippen LogP contribution is -2.04. The summed E-state index contributed by atoms with van der Waals surface area (Å²) in [5.74, 6) is 2.50. The Morgan fingerprint density at radius 1 is 0.103 bits per heavy atom. The van der Waals surface area contributed by atoms with Crippen molar-refractivity contribution in [3.05, 3.63) is 485 Å². The molecule has 26 rings (SSSR count). The molecule has 636 valence electrons. The van der Waals surface area contributed by atoms with Gasteiger partial charge in [-0.15, -0.1) is 0 Å². The van der Waals surface area contributed by atoms with Crippen LogP contribution in [0, 0.1) is 0 Å². The van der Waals surface area contributed by atoms with Gasteiger partial charge in [-0.3, -0.25) is 18.3 Å². The van der Waals surface area contributed by atoms with Gasteiger partial charge in [0.15, 0.2) is 0 Å². The molecule has 12 heteroatoms. The van der Waals surface area contributed by atoms with E-state index in [0.29, 0.717) is 23.8 Å². The predicted molar refractivity (Wildman–Crippen MR) is 558 cm³/mol. The van der Waals surface area contributed by atoms with Crippen molar-refractivity contribution in [2.45, 2.75) is 0 Å². The van der Waals surface area contributed by atoms with E-state index in [9.17, 15) is 0 Å². The zero-order chi connectivity index (χ0) is 89.9. The summed E-state index contributed by atoms with van der Waals surface area (Å²) in [5, 5.41) is 9.05. The molecule has 12 nitrogen and oxygen atoms in total. The molecule has 0 aliphatic heterocycles. The molecular weight excluding hydrogens is 1660 g/mol. The minimum atomic E-state index is 0.616. The van der Waals surface area contributed by atoms with Crippen LogP contribution in [-0.2, 0) is 0 Å². The Morgan fingerprint density at radius 2 is 0.265 bits per heavy atom. The number of aromatic nitrogens is 12. The molecule has 8 aromatic heterocycles. The van der Waals surface area contributed by atoms with Gasteiger partial charge >= 0.3 is 0 Å². The Hall–Kier alpha value is -18.5. The van der Waals surface area contributed by atoms with Gasteiger partial charge in [0.25, 0.3) is 0 Å². The predicted octanol–water partition coefficient (Wildman–Crippen LogP) is 30.9. The molecule has 26 aromatic rings. The van der Waals surface area contributed by atoms with Gasteiger partial charge < -0.3 is 0 Å². The van der Waals surface area contributed by atoms with E-state index in [1.807, 2.05) is 36.4 Å². The summed E-state index contributed by atoms with van der Waals surface area (Å²) in [7, 11) is 0. The maximum Gasteiger partial charge on any atom is 0.235 e. The molecule has 0 saturated carbocycles. The molecule has 0 amide bonds. The van der Waals surface area contributed by atoms with Crippen molar-refractivity contribution < 1.29 is 0 Å². The summed E-state index contributed by atoms with van der Waals surface area (Å²) in [6.07, 6.45) is 0. The molecule has 18 aromatic carbocycles. The first-order valence-corrected chi connectivity index (χ1v) is 45.8. The molecule has 136 heavy (non-hydrogen) atoms. The van der Waals surface area contributed by atoms with Crippen LogP contribution >= 0.6 is 0 Å². The van der Waals surface area contributed by atoms with Gasteiger partial charge in [-0.25, -0.2) is 39.9 Å². The average Bonchev–Trinajstić information content (AvgIpc) is 1.59. The number of hydrogen-bond acceptors (Lipinski definition) is 8. The summed E-state index contributed by atoms with van der Waals surface area (Å²) >= 11 is 0. The number of nitrogens with zero attached hydrogens (tertiary/aromatic N) is 12. The highest BCUT2D eigenvalue weighted by atomic mass is 15.2. The maximum atomic E-state index is 5.38. The fraction of sp³-hybridized carbons (Fsp3) is 0. The minimum Gasteiger partial charge on any atom is -0.278 e. The van der Waals surface area contributed by atoms with Gasteiger partial charge in [0.1, 0.15) is 0 Å². The van der Waals surface area contributed by atoms with Crippen molar-refractivity contribution in [1.82, 2.24) is 58.1 Å². The second-order valence-electron chi connectivity index (χ2n) is 34.2. The van der Waals surface area contributed by atoms with Gasteiger partial charge in [0.2, 0.25) is 23.8 Å². The monoisotopic (exact) mass is 1740 g/mol. The van der Waals surface area contributed by atoms with E-state index < -0.39 is 0 Å². The molecule has 0 saturated heterocycles. The third-order valence-corrected chi connectivity index (χ3v) is 26.0. The second-order valence-corrected chi connectivity index (χ2v) is 34.2. The highest BCUT2D eigenvalue weighted by Crippen LogP contribution is 2.44. The second kappa shape index (κ2) is 34.1. The lowest BCUT2D eigenvalue weighted by molar-refractivity contribution is 0.995. The number of para-hydroxylation sites is 4. The first-order chi connectivity index (χ1) is 67.4. The van der Waals surface area contributed by atoms with Crippen molar-refractivity contribution in [1.29, 1.82) is 0 Å². The topological polar surface area (TPSA) is 123 Å². The Morgan fingerprint density at radius 3 is 0.485 bits per heavy atom. The van der Waals surface area contributed by atoms with E-state index in [1.54, 1.807) is 0 Å². The van der Waals surface area contributed by atoms with E-state index in [2.05, 4.69) is 467 Å². The van der Waals surface area contributed by atoms with Crippen LogP contribution < -0.4 is 0 Å². The standard InChI is InChI=1S/C68H44N6.C56H36N6/c1-5-19-45(20-6-1)49-27-17-29-53(39-49)61-43-59(47-23-9-3-10-24-47)69-67(71-61)73-63-33-15-13-31-55(63)57-41-51(35-37-65(57)73)52-36-38-66-58(42-52)56-32-14-16-34-64(56)74(66)68-70-60(48-25-11-4-12-26-48)44-62(72-68)54-30-18-28-50(40-54)46-21-7-2-8-22-46;1-5-17-37(18-6-1)47-35-48(38-19-7-2-8-20-38)58-55(57-47)61-51-27-15-13-25-43(51)45-33-41(29-31-53(45)61)42-30-32-54-46(34-42)44-26-14-16-28-52(44)62(54)56-59-49(39-21-9-3-10-22-39)36-50(60-56)40-23-11-4-12-24-40/h1-44H;1-36H. The van der Waals surface area contributed by atoms with E-state index in [-0.39, 0.29) is 0 Å². The molecule has 0 N–H and O–H groups in total. The Kier molecular flexibility index (Phi) is 20.0. The molecule has 0 radical (unpaired) electrons. The van der Waals surface area contributed by atoms with Gasteiger partial charge in [0, 0.05) is 87.6 Å². The molecular formula is C124H80N12. The lowest BCUT2D eigenvalue weighted by atomic mass is 10.0. The summed E-state index contributed by atoms with van der Waals surface area (Å²) in [6.45, 7) is 0. The van der Waals surface area contributed by atoms with Crippen LogP contribution in [0.1, 0.15) is 0 Å². The molecule has 0 bridgehead atoms. The third kappa shape index (κ3) is 14.6. The summed E-state index contributed by atoms with van der Waals surface area (Å²) in [4.78, 5) is 42.3. The van der Waals surface area contributed by atoms with Crippen LogP contribution in [0.25, 0.3) is 246 Å². The summed E-state index contributed by atoms with van der Waals surface area (Å²) in [6, 6.07) is 170. The molecule has 0 unspecified atom stereocenters. The van der Waals surface area contributed by atoms with Gasteiger partial charge in [-0.05, 0) is 154 Å². The largest absolute Gasteiger partial charge is 0.278 e. The van der Waals surface area contributed by atoms with Crippen molar-refractivity contribution in [2.75, 3.05) is 0 Å². The lowest BCUT2D eigenvalue weighted by Gasteiger charge is -2.13. The quantitative estimate of drug-likeness (QED) is 0.0937. The number of hydrogen-bond donors (Lipinski definition) is 0. The fourth-order valence-electron chi connectivity index (χ4n) is 19.4. The Bertz CT molecular complexity index is 8430.